The lowest BCUT2D eigenvalue weighted by Gasteiger charge is -2.29. The minimum absolute atomic E-state index is 0.121. The van der Waals surface area contributed by atoms with Crippen LogP contribution in [0.5, 0.6) is 0 Å². The molecule has 17 heavy (non-hydrogen) atoms. The smallest absolute Gasteiger partial charge is 0.171 e. The molecule has 1 rings (SSSR count). The van der Waals surface area contributed by atoms with Crippen molar-refractivity contribution in [3.63, 3.8) is 0 Å². The number of ether oxygens (including phenoxy) is 1. The van der Waals surface area contributed by atoms with Crippen LogP contribution in [0.25, 0.3) is 0 Å². The fourth-order valence-corrected chi connectivity index (χ4v) is 2.60. The van der Waals surface area contributed by atoms with Gasteiger partial charge in [-0.2, -0.15) is 0 Å². The number of carbonyl (C=O) groups is 1. The van der Waals surface area contributed by atoms with Crippen molar-refractivity contribution in [3.8, 4) is 0 Å². The summed E-state index contributed by atoms with van der Waals surface area (Å²) in [6.45, 7) is 11.9. The minimum Gasteiger partial charge on any atom is -0.395 e. The van der Waals surface area contributed by atoms with Crippen molar-refractivity contribution >= 4 is 5.78 Å². The second-order valence-electron chi connectivity index (χ2n) is 5.75. The SMILES string of the molecule is CCN(CCO)CC1C(=O)C(C)(C)OC1(C)C. The molecule has 1 fully saturated rings. The number of Topliss-reactive ketones (excluding diaryl/α,β-unsaturated/α-hetero) is 1. The van der Waals surface area contributed by atoms with E-state index in [-0.39, 0.29) is 18.3 Å². The molecule has 1 unspecified atom stereocenters. The van der Waals surface area contributed by atoms with Gasteiger partial charge in [0.1, 0.15) is 5.60 Å². The molecule has 1 aliphatic heterocycles. The van der Waals surface area contributed by atoms with Gasteiger partial charge in [0, 0.05) is 13.1 Å². The Morgan fingerprint density at radius 2 is 1.94 bits per heavy atom. The largest absolute Gasteiger partial charge is 0.395 e. The first-order valence-corrected chi connectivity index (χ1v) is 6.32. The van der Waals surface area contributed by atoms with Gasteiger partial charge in [-0.05, 0) is 34.2 Å². The number of aliphatic hydroxyl groups excluding tert-OH is 1. The van der Waals surface area contributed by atoms with Crippen molar-refractivity contribution in [2.75, 3.05) is 26.2 Å². The van der Waals surface area contributed by atoms with Gasteiger partial charge >= 0.3 is 0 Å². The molecule has 0 bridgehead atoms. The fourth-order valence-electron chi connectivity index (χ4n) is 2.60. The van der Waals surface area contributed by atoms with Crippen LogP contribution in [0.1, 0.15) is 34.6 Å². The summed E-state index contributed by atoms with van der Waals surface area (Å²) in [6.07, 6.45) is 0. The number of nitrogens with zero attached hydrogens (tertiary/aromatic N) is 1. The predicted molar refractivity (Wildman–Crippen MR) is 66.9 cm³/mol. The molecule has 0 aromatic rings. The van der Waals surface area contributed by atoms with E-state index in [1.165, 1.54) is 0 Å². The number of ketones is 1. The molecule has 1 N–H and O–H groups in total. The van der Waals surface area contributed by atoms with Crippen LogP contribution in [0.4, 0.5) is 0 Å². The van der Waals surface area contributed by atoms with Crippen molar-refractivity contribution < 1.29 is 14.6 Å². The number of likely N-dealkylation sites (N-methyl/N-ethyl adjacent to an activating group) is 1. The lowest BCUT2D eigenvalue weighted by molar-refractivity contribution is -0.132. The van der Waals surface area contributed by atoms with Crippen LogP contribution in [0, 0.1) is 5.92 Å². The summed E-state index contributed by atoms with van der Waals surface area (Å²) >= 11 is 0. The molecule has 0 radical (unpaired) electrons. The molecule has 1 aliphatic rings. The molecule has 0 saturated carbocycles. The van der Waals surface area contributed by atoms with Crippen LogP contribution in [0.3, 0.4) is 0 Å². The number of hydrogen-bond donors (Lipinski definition) is 1. The van der Waals surface area contributed by atoms with Gasteiger partial charge in [0.15, 0.2) is 5.78 Å². The molecule has 4 heteroatoms. The second kappa shape index (κ2) is 5.04. The van der Waals surface area contributed by atoms with Gasteiger partial charge in [-0.1, -0.05) is 6.92 Å². The fraction of sp³-hybridized carbons (Fsp3) is 0.923. The zero-order valence-electron chi connectivity index (χ0n) is 11.6. The quantitative estimate of drug-likeness (QED) is 0.785. The molecule has 0 aromatic carbocycles. The summed E-state index contributed by atoms with van der Waals surface area (Å²) < 4.78 is 5.85. The van der Waals surface area contributed by atoms with Crippen LogP contribution in [0.15, 0.2) is 0 Å². The third-order valence-electron chi connectivity index (χ3n) is 3.57. The van der Waals surface area contributed by atoms with Crippen molar-refractivity contribution in [1.82, 2.24) is 4.90 Å². The molecule has 100 valence electrons. The van der Waals surface area contributed by atoms with Gasteiger partial charge in [0.2, 0.25) is 0 Å². The van der Waals surface area contributed by atoms with Crippen LogP contribution in [0.2, 0.25) is 0 Å². The highest BCUT2D eigenvalue weighted by Gasteiger charge is 2.53. The van der Waals surface area contributed by atoms with E-state index in [9.17, 15) is 4.79 Å². The molecule has 1 atom stereocenters. The van der Waals surface area contributed by atoms with E-state index < -0.39 is 11.2 Å². The molecule has 0 aliphatic carbocycles. The van der Waals surface area contributed by atoms with E-state index in [4.69, 9.17) is 9.84 Å². The molecule has 1 heterocycles. The number of hydrogen-bond acceptors (Lipinski definition) is 4. The highest BCUT2D eigenvalue weighted by atomic mass is 16.5. The molecular weight excluding hydrogens is 218 g/mol. The standard InChI is InChI=1S/C13H25NO3/c1-6-14(7-8-15)9-10-11(16)13(4,5)17-12(10,2)3/h10,15H,6-9H2,1-5H3. The summed E-state index contributed by atoms with van der Waals surface area (Å²) in [4.78, 5) is 14.4. The number of rotatable bonds is 5. The molecule has 0 aromatic heterocycles. The van der Waals surface area contributed by atoms with E-state index in [1.807, 2.05) is 34.6 Å². The first-order chi connectivity index (χ1) is 7.74. The topological polar surface area (TPSA) is 49.8 Å². The summed E-state index contributed by atoms with van der Waals surface area (Å²) in [7, 11) is 0. The van der Waals surface area contributed by atoms with Crippen LogP contribution in [-0.4, -0.2) is 53.2 Å². The minimum atomic E-state index is -0.688. The summed E-state index contributed by atoms with van der Waals surface area (Å²) in [5, 5.41) is 8.98. The highest BCUT2D eigenvalue weighted by molar-refractivity contribution is 5.91. The maximum atomic E-state index is 12.3. The van der Waals surface area contributed by atoms with Gasteiger partial charge in [0.25, 0.3) is 0 Å². The molecular formula is C13H25NO3. The van der Waals surface area contributed by atoms with Crippen molar-refractivity contribution in [1.29, 1.82) is 0 Å². The van der Waals surface area contributed by atoms with Gasteiger partial charge < -0.3 is 14.7 Å². The monoisotopic (exact) mass is 243 g/mol. The first kappa shape index (κ1) is 14.6. The highest BCUT2D eigenvalue weighted by Crippen LogP contribution is 2.39. The Bertz CT molecular complexity index is 286. The molecule has 4 nitrogen and oxygen atoms in total. The molecule has 0 spiro atoms. The van der Waals surface area contributed by atoms with E-state index in [1.54, 1.807) is 0 Å². The second-order valence-corrected chi connectivity index (χ2v) is 5.75. The summed E-state index contributed by atoms with van der Waals surface area (Å²) in [5.41, 5.74) is -1.11. The lowest BCUT2D eigenvalue weighted by Crippen LogP contribution is -2.42. The van der Waals surface area contributed by atoms with Crippen molar-refractivity contribution in [2.45, 2.75) is 45.8 Å². The van der Waals surface area contributed by atoms with Gasteiger partial charge in [-0.3, -0.25) is 4.79 Å². The first-order valence-electron chi connectivity index (χ1n) is 6.32. The lowest BCUT2D eigenvalue weighted by atomic mass is 9.85. The van der Waals surface area contributed by atoms with Crippen LogP contribution >= 0.6 is 0 Å². The van der Waals surface area contributed by atoms with Crippen LogP contribution < -0.4 is 0 Å². The third-order valence-corrected chi connectivity index (χ3v) is 3.57. The Morgan fingerprint density at radius 3 is 2.29 bits per heavy atom. The Kier molecular flexibility index (Phi) is 4.33. The maximum Gasteiger partial charge on any atom is 0.171 e. The molecule has 0 amide bonds. The average Bonchev–Trinajstić information content (AvgIpc) is 2.35. The zero-order chi connectivity index (χ0) is 13.3. The maximum absolute atomic E-state index is 12.3. The third kappa shape index (κ3) is 3.06. The van der Waals surface area contributed by atoms with Gasteiger partial charge in [-0.25, -0.2) is 0 Å². The predicted octanol–water partition coefficient (Wildman–Crippen LogP) is 1.07. The summed E-state index contributed by atoms with van der Waals surface area (Å²) in [5.74, 6) is 0.0443. The Morgan fingerprint density at radius 1 is 1.35 bits per heavy atom. The summed E-state index contributed by atoms with van der Waals surface area (Å²) in [6, 6.07) is 0. The Balaban J connectivity index is 2.78. The van der Waals surface area contributed by atoms with E-state index in [2.05, 4.69) is 4.90 Å². The van der Waals surface area contributed by atoms with Crippen LogP contribution in [-0.2, 0) is 9.53 Å². The zero-order valence-corrected chi connectivity index (χ0v) is 11.6. The Hall–Kier alpha value is -0.450. The van der Waals surface area contributed by atoms with E-state index in [0.29, 0.717) is 13.1 Å². The number of carbonyl (C=O) groups excluding carboxylic acids is 1. The van der Waals surface area contributed by atoms with Crippen molar-refractivity contribution in [3.05, 3.63) is 0 Å². The normalized spacial score (nSPS) is 26.8. The molecule has 1 saturated heterocycles. The van der Waals surface area contributed by atoms with E-state index in [0.717, 1.165) is 6.54 Å². The average molecular weight is 243 g/mol. The van der Waals surface area contributed by atoms with Crippen molar-refractivity contribution in [2.24, 2.45) is 5.92 Å². The van der Waals surface area contributed by atoms with Gasteiger partial charge in [-0.15, -0.1) is 0 Å². The number of aliphatic hydroxyl groups is 1. The van der Waals surface area contributed by atoms with Gasteiger partial charge in [0.05, 0.1) is 18.1 Å². The van der Waals surface area contributed by atoms with E-state index >= 15 is 0 Å². The Labute approximate surface area is 104 Å².